The maximum atomic E-state index is 11.0. The molecule has 1 unspecified atom stereocenters. The van der Waals surface area contributed by atoms with Crippen molar-refractivity contribution < 1.29 is 9.53 Å². The van der Waals surface area contributed by atoms with Gasteiger partial charge in [0.05, 0.1) is 0 Å². The Labute approximate surface area is 103 Å². The fraction of sp³-hybridized carbons (Fsp3) is 0.400. The SMILES string of the molecule is C/C=C/CC(CCc1ccccc1)OC(C)=O. The minimum absolute atomic E-state index is 0.0103. The van der Waals surface area contributed by atoms with Crippen LogP contribution in [-0.2, 0) is 16.0 Å². The summed E-state index contributed by atoms with van der Waals surface area (Å²) < 4.78 is 5.28. The van der Waals surface area contributed by atoms with E-state index in [1.807, 2.05) is 37.3 Å². The predicted molar refractivity (Wildman–Crippen MR) is 69.7 cm³/mol. The summed E-state index contributed by atoms with van der Waals surface area (Å²) in [4.78, 5) is 11.0. The molecule has 17 heavy (non-hydrogen) atoms. The Morgan fingerprint density at radius 2 is 2.06 bits per heavy atom. The Balaban J connectivity index is 2.45. The van der Waals surface area contributed by atoms with Crippen molar-refractivity contribution in [1.29, 1.82) is 0 Å². The maximum absolute atomic E-state index is 11.0. The first-order valence-corrected chi connectivity index (χ1v) is 6.04. The van der Waals surface area contributed by atoms with E-state index >= 15 is 0 Å². The molecule has 0 spiro atoms. The molecule has 2 heteroatoms. The number of hydrogen-bond donors (Lipinski definition) is 0. The molecule has 1 aromatic rings. The zero-order valence-corrected chi connectivity index (χ0v) is 10.6. The lowest BCUT2D eigenvalue weighted by molar-refractivity contribution is -0.146. The molecule has 92 valence electrons. The van der Waals surface area contributed by atoms with Crippen molar-refractivity contribution in [2.24, 2.45) is 0 Å². The molecule has 0 bridgehead atoms. The third-order valence-electron chi connectivity index (χ3n) is 2.57. The monoisotopic (exact) mass is 232 g/mol. The Kier molecular flexibility index (Phi) is 6.08. The van der Waals surface area contributed by atoms with Crippen LogP contribution < -0.4 is 0 Å². The second-order valence-corrected chi connectivity index (χ2v) is 4.06. The van der Waals surface area contributed by atoms with Crippen LogP contribution in [0.1, 0.15) is 32.3 Å². The van der Waals surface area contributed by atoms with Crippen LogP contribution in [0.3, 0.4) is 0 Å². The third kappa shape index (κ3) is 5.91. The number of aryl methyl sites for hydroxylation is 1. The highest BCUT2D eigenvalue weighted by Crippen LogP contribution is 2.11. The third-order valence-corrected chi connectivity index (χ3v) is 2.57. The van der Waals surface area contributed by atoms with E-state index in [1.165, 1.54) is 12.5 Å². The number of carbonyl (C=O) groups excluding carboxylic acids is 1. The van der Waals surface area contributed by atoms with Crippen molar-refractivity contribution in [2.45, 2.75) is 39.2 Å². The summed E-state index contributed by atoms with van der Waals surface area (Å²) in [5.74, 6) is -0.201. The highest BCUT2D eigenvalue weighted by atomic mass is 16.5. The second-order valence-electron chi connectivity index (χ2n) is 4.06. The van der Waals surface area contributed by atoms with Gasteiger partial charge in [0.1, 0.15) is 6.10 Å². The van der Waals surface area contributed by atoms with Crippen LogP contribution in [-0.4, -0.2) is 12.1 Å². The number of rotatable bonds is 6. The van der Waals surface area contributed by atoms with Gasteiger partial charge in [0.25, 0.3) is 0 Å². The quantitative estimate of drug-likeness (QED) is 0.554. The van der Waals surface area contributed by atoms with E-state index in [1.54, 1.807) is 0 Å². The van der Waals surface area contributed by atoms with Gasteiger partial charge in [-0.25, -0.2) is 0 Å². The number of benzene rings is 1. The highest BCUT2D eigenvalue weighted by Gasteiger charge is 2.10. The largest absolute Gasteiger partial charge is 0.462 e. The van der Waals surface area contributed by atoms with Crippen molar-refractivity contribution in [2.75, 3.05) is 0 Å². The first kappa shape index (κ1) is 13.5. The van der Waals surface area contributed by atoms with Crippen molar-refractivity contribution >= 4 is 5.97 Å². The molecule has 0 heterocycles. The van der Waals surface area contributed by atoms with Crippen LogP contribution in [0.4, 0.5) is 0 Å². The van der Waals surface area contributed by atoms with Crippen molar-refractivity contribution in [3.8, 4) is 0 Å². The molecular weight excluding hydrogens is 212 g/mol. The number of hydrogen-bond acceptors (Lipinski definition) is 2. The van der Waals surface area contributed by atoms with Gasteiger partial charge in [0, 0.05) is 13.3 Å². The molecule has 0 saturated carbocycles. The number of allylic oxidation sites excluding steroid dienone is 1. The lowest BCUT2D eigenvalue weighted by atomic mass is 10.0. The summed E-state index contributed by atoms with van der Waals surface area (Å²) in [6.07, 6.45) is 6.62. The fourth-order valence-corrected chi connectivity index (χ4v) is 1.72. The maximum Gasteiger partial charge on any atom is 0.302 e. The lowest BCUT2D eigenvalue weighted by Gasteiger charge is -2.15. The minimum Gasteiger partial charge on any atom is -0.462 e. The van der Waals surface area contributed by atoms with Crippen LogP contribution in [0.5, 0.6) is 0 Å². The molecule has 0 N–H and O–H groups in total. The molecule has 0 aliphatic carbocycles. The summed E-state index contributed by atoms with van der Waals surface area (Å²) in [6, 6.07) is 10.3. The Bertz CT molecular complexity index is 354. The molecular formula is C15H20O2. The summed E-state index contributed by atoms with van der Waals surface area (Å²) in [7, 11) is 0. The van der Waals surface area contributed by atoms with Crippen LogP contribution in [0.25, 0.3) is 0 Å². The Hall–Kier alpha value is -1.57. The fourth-order valence-electron chi connectivity index (χ4n) is 1.72. The average Bonchev–Trinajstić information content (AvgIpc) is 2.33. The number of ether oxygens (including phenoxy) is 1. The van der Waals surface area contributed by atoms with Gasteiger partial charge in [-0.2, -0.15) is 0 Å². The zero-order valence-electron chi connectivity index (χ0n) is 10.6. The molecule has 0 amide bonds. The standard InChI is InChI=1S/C15H20O2/c1-3-4-10-15(17-13(2)16)12-11-14-8-6-5-7-9-14/h3-9,15H,10-12H2,1-2H3/b4-3+. The van der Waals surface area contributed by atoms with Crippen molar-refractivity contribution in [3.05, 3.63) is 48.0 Å². The van der Waals surface area contributed by atoms with E-state index in [9.17, 15) is 4.79 Å². The topological polar surface area (TPSA) is 26.3 Å². The van der Waals surface area contributed by atoms with Gasteiger partial charge >= 0.3 is 5.97 Å². The molecule has 2 nitrogen and oxygen atoms in total. The zero-order chi connectivity index (χ0) is 12.5. The minimum atomic E-state index is -0.201. The molecule has 0 aliphatic rings. The molecule has 0 aliphatic heterocycles. The molecule has 1 aromatic carbocycles. The van der Waals surface area contributed by atoms with E-state index < -0.39 is 0 Å². The molecule has 0 fully saturated rings. The molecule has 0 saturated heterocycles. The summed E-state index contributed by atoms with van der Waals surface area (Å²) in [6.45, 7) is 3.44. The average molecular weight is 232 g/mol. The Morgan fingerprint density at radius 1 is 1.35 bits per heavy atom. The van der Waals surface area contributed by atoms with Crippen LogP contribution in [0, 0.1) is 0 Å². The lowest BCUT2D eigenvalue weighted by Crippen LogP contribution is -2.16. The van der Waals surface area contributed by atoms with Gasteiger partial charge in [-0.15, -0.1) is 0 Å². The van der Waals surface area contributed by atoms with Gasteiger partial charge in [-0.1, -0.05) is 42.5 Å². The molecule has 1 atom stereocenters. The summed E-state index contributed by atoms with van der Waals surface area (Å²) in [5, 5.41) is 0. The molecule has 1 rings (SSSR count). The van der Waals surface area contributed by atoms with Crippen molar-refractivity contribution in [1.82, 2.24) is 0 Å². The van der Waals surface area contributed by atoms with Crippen LogP contribution in [0.15, 0.2) is 42.5 Å². The van der Waals surface area contributed by atoms with Gasteiger partial charge in [-0.3, -0.25) is 4.79 Å². The van der Waals surface area contributed by atoms with Crippen LogP contribution in [0.2, 0.25) is 0 Å². The summed E-state index contributed by atoms with van der Waals surface area (Å²) in [5.41, 5.74) is 1.28. The smallest absolute Gasteiger partial charge is 0.302 e. The van der Waals surface area contributed by atoms with Crippen LogP contribution >= 0.6 is 0 Å². The van der Waals surface area contributed by atoms with Gasteiger partial charge in [0.2, 0.25) is 0 Å². The van der Waals surface area contributed by atoms with E-state index in [2.05, 4.69) is 12.1 Å². The molecule has 0 aromatic heterocycles. The van der Waals surface area contributed by atoms with Crippen molar-refractivity contribution in [3.63, 3.8) is 0 Å². The first-order chi connectivity index (χ1) is 8.22. The van der Waals surface area contributed by atoms with E-state index in [0.717, 1.165) is 19.3 Å². The van der Waals surface area contributed by atoms with E-state index in [-0.39, 0.29) is 12.1 Å². The predicted octanol–water partition coefficient (Wildman–Crippen LogP) is 3.52. The normalized spacial score (nSPS) is 12.6. The first-order valence-electron chi connectivity index (χ1n) is 6.04. The van der Waals surface area contributed by atoms with E-state index in [4.69, 9.17) is 4.74 Å². The highest BCUT2D eigenvalue weighted by molar-refractivity contribution is 5.66. The second kappa shape index (κ2) is 7.66. The van der Waals surface area contributed by atoms with E-state index in [0.29, 0.717) is 0 Å². The van der Waals surface area contributed by atoms with Gasteiger partial charge in [0.15, 0.2) is 0 Å². The molecule has 0 radical (unpaired) electrons. The van der Waals surface area contributed by atoms with Gasteiger partial charge < -0.3 is 4.74 Å². The summed E-state index contributed by atoms with van der Waals surface area (Å²) >= 11 is 0. The van der Waals surface area contributed by atoms with Gasteiger partial charge in [-0.05, 0) is 25.3 Å². The Morgan fingerprint density at radius 3 is 2.65 bits per heavy atom. The number of esters is 1. The number of carbonyl (C=O) groups is 1.